The van der Waals surface area contributed by atoms with Gasteiger partial charge in [-0.15, -0.1) is 0 Å². The van der Waals surface area contributed by atoms with Crippen molar-refractivity contribution in [3.05, 3.63) is 27.4 Å². The number of nitrogens with two attached hydrogens (primary N) is 1. The van der Waals surface area contributed by atoms with Crippen molar-refractivity contribution >= 4 is 17.3 Å². The lowest BCUT2D eigenvalue weighted by Gasteiger charge is -2.19. The van der Waals surface area contributed by atoms with E-state index in [0.29, 0.717) is 12.5 Å². The normalized spacial score (nSPS) is 23.0. The Morgan fingerprint density at radius 3 is 3.00 bits per heavy atom. The summed E-state index contributed by atoms with van der Waals surface area (Å²) in [5.41, 5.74) is 5.51. The van der Waals surface area contributed by atoms with Crippen LogP contribution in [0.25, 0.3) is 0 Å². The van der Waals surface area contributed by atoms with Gasteiger partial charge in [0, 0.05) is 12.0 Å². The van der Waals surface area contributed by atoms with Crippen molar-refractivity contribution in [1.82, 2.24) is 4.98 Å². The molecule has 1 heterocycles. The number of hydrogen-bond donors (Lipinski definition) is 1. The molecule has 2 atom stereocenters. The van der Waals surface area contributed by atoms with Gasteiger partial charge in [-0.05, 0) is 25.8 Å². The number of ether oxygens (including phenoxy) is 1. The van der Waals surface area contributed by atoms with Crippen LogP contribution in [-0.2, 0) is 0 Å². The van der Waals surface area contributed by atoms with Crippen molar-refractivity contribution in [2.75, 3.05) is 6.54 Å². The molecule has 2 rings (SSSR count). The van der Waals surface area contributed by atoms with Gasteiger partial charge in [-0.25, -0.2) is 4.98 Å². The van der Waals surface area contributed by atoms with Crippen molar-refractivity contribution in [1.29, 1.82) is 0 Å². The van der Waals surface area contributed by atoms with E-state index in [1.165, 1.54) is 6.07 Å². The zero-order valence-corrected chi connectivity index (χ0v) is 10.5. The Morgan fingerprint density at radius 1 is 1.61 bits per heavy atom. The Balaban J connectivity index is 2.12. The summed E-state index contributed by atoms with van der Waals surface area (Å²) in [6, 6.07) is 1.25. The summed E-state index contributed by atoms with van der Waals surface area (Å²) in [4.78, 5) is 13.9. The quantitative estimate of drug-likeness (QED) is 0.669. The molecule has 7 heteroatoms. The summed E-state index contributed by atoms with van der Waals surface area (Å²) in [5.74, 6) is 0.547. The van der Waals surface area contributed by atoms with Crippen molar-refractivity contribution in [2.24, 2.45) is 11.7 Å². The maximum Gasteiger partial charge on any atom is 0.289 e. The molecule has 0 bridgehead atoms. The van der Waals surface area contributed by atoms with Crippen molar-refractivity contribution in [3.8, 4) is 5.88 Å². The highest BCUT2D eigenvalue weighted by Crippen LogP contribution is 2.32. The summed E-state index contributed by atoms with van der Waals surface area (Å²) in [6.07, 6.45) is 4.16. The zero-order chi connectivity index (χ0) is 13.1. The van der Waals surface area contributed by atoms with Gasteiger partial charge >= 0.3 is 0 Å². The number of pyridine rings is 1. The van der Waals surface area contributed by atoms with E-state index in [2.05, 4.69) is 4.98 Å². The Morgan fingerprint density at radius 2 is 2.39 bits per heavy atom. The van der Waals surface area contributed by atoms with Gasteiger partial charge in [0.15, 0.2) is 0 Å². The average Bonchev–Trinajstić information content (AvgIpc) is 2.78. The zero-order valence-electron chi connectivity index (χ0n) is 9.71. The van der Waals surface area contributed by atoms with Crippen LogP contribution in [0, 0.1) is 16.0 Å². The van der Waals surface area contributed by atoms with Crippen LogP contribution < -0.4 is 10.5 Å². The molecule has 2 N–H and O–H groups in total. The van der Waals surface area contributed by atoms with Crippen molar-refractivity contribution in [2.45, 2.75) is 25.4 Å². The minimum Gasteiger partial charge on any atom is -0.473 e. The maximum atomic E-state index is 10.6. The minimum atomic E-state index is -0.541. The smallest absolute Gasteiger partial charge is 0.289 e. The largest absolute Gasteiger partial charge is 0.473 e. The molecule has 0 aliphatic heterocycles. The molecule has 0 amide bonds. The molecule has 1 aromatic rings. The van der Waals surface area contributed by atoms with Crippen molar-refractivity contribution in [3.63, 3.8) is 0 Å². The molecule has 1 aromatic heterocycles. The fourth-order valence-electron chi connectivity index (χ4n) is 2.17. The fraction of sp³-hybridized carbons (Fsp3) is 0.545. The van der Waals surface area contributed by atoms with Gasteiger partial charge < -0.3 is 10.5 Å². The molecular weight excluding hydrogens is 258 g/mol. The van der Waals surface area contributed by atoms with Crippen LogP contribution in [-0.4, -0.2) is 22.6 Å². The predicted octanol–water partition coefficient (Wildman–Crippen LogP) is 2.15. The van der Waals surface area contributed by atoms with Crippen LogP contribution in [0.5, 0.6) is 5.88 Å². The van der Waals surface area contributed by atoms with E-state index < -0.39 is 4.92 Å². The molecule has 1 aliphatic carbocycles. The first kappa shape index (κ1) is 13.0. The van der Waals surface area contributed by atoms with Gasteiger partial charge in [0.25, 0.3) is 5.69 Å². The van der Waals surface area contributed by atoms with Crippen LogP contribution in [0.15, 0.2) is 12.3 Å². The second kappa shape index (κ2) is 5.49. The van der Waals surface area contributed by atoms with E-state index in [9.17, 15) is 10.1 Å². The molecule has 1 saturated carbocycles. The van der Waals surface area contributed by atoms with Gasteiger partial charge in [-0.2, -0.15) is 0 Å². The summed E-state index contributed by atoms with van der Waals surface area (Å²) in [5, 5.41) is 10.7. The first-order valence-corrected chi connectivity index (χ1v) is 6.16. The number of hydrogen-bond acceptors (Lipinski definition) is 5. The Kier molecular flexibility index (Phi) is 3.98. The number of halogens is 1. The monoisotopic (exact) mass is 271 g/mol. The summed E-state index contributed by atoms with van der Waals surface area (Å²) >= 11 is 5.92. The topological polar surface area (TPSA) is 91.3 Å². The van der Waals surface area contributed by atoms with E-state index in [-0.39, 0.29) is 22.7 Å². The van der Waals surface area contributed by atoms with E-state index in [1.807, 2.05) is 0 Å². The van der Waals surface area contributed by atoms with Crippen LogP contribution in [0.3, 0.4) is 0 Å². The molecule has 1 aliphatic rings. The highest BCUT2D eigenvalue weighted by Gasteiger charge is 2.29. The lowest BCUT2D eigenvalue weighted by atomic mass is 10.1. The SMILES string of the molecule is NCC1CCCC1Oc1ncc([N+](=O)[O-])cc1Cl. The molecule has 2 unspecified atom stereocenters. The molecule has 6 nitrogen and oxygen atoms in total. The van der Waals surface area contributed by atoms with E-state index >= 15 is 0 Å². The van der Waals surface area contributed by atoms with Gasteiger partial charge in [0.2, 0.25) is 5.88 Å². The number of nitro groups is 1. The third-order valence-electron chi connectivity index (χ3n) is 3.16. The van der Waals surface area contributed by atoms with Gasteiger partial charge in [-0.1, -0.05) is 11.6 Å². The van der Waals surface area contributed by atoms with Gasteiger partial charge in [0.05, 0.1) is 4.92 Å². The Labute approximate surface area is 109 Å². The van der Waals surface area contributed by atoms with Crippen LogP contribution in [0.4, 0.5) is 5.69 Å². The first-order valence-electron chi connectivity index (χ1n) is 5.78. The third-order valence-corrected chi connectivity index (χ3v) is 3.43. The van der Waals surface area contributed by atoms with Gasteiger partial charge in [0.1, 0.15) is 17.3 Å². The van der Waals surface area contributed by atoms with Crippen LogP contribution in [0.1, 0.15) is 19.3 Å². The predicted molar refractivity (Wildman–Crippen MR) is 66.7 cm³/mol. The Hall–Kier alpha value is -1.40. The van der Waals surface area contributed by atoms with Crippen LogP contribution in [0.2, 0.25) is 5.02 Å². The maximum absolute atomic E-state index is 10.6. The molecule has 0 radical (unpaired) electrons. The summed E-state index contributed by atoms with van der Waals surface area (Å²) < 4.78 is 5.70. The lowest BCUT2D eigenvalue weighted by molar-refractivity contribution is -0.385. The number of aromatic nitrogens is 1. The molecule has 0 spiro atoms. The minimum absolute atomic E-state index is 0.00135. The first-order chi connectivity index (χ1) is 8.61. The molecule has 98 valence electrons. The highest BCUT2D eigenvalue weighted by atomic mass is 35.5. The number of rotatable bonds is 4. The second-order valence-corrected chi connectivity index (χ2v) is 4.73. The Bertz CT molecular complexity index is 455. The second-order valence-electron chi connectivity index (χ2n) is 4.32. The van der Waals surface area contributed by atoms with Gasteiger partial charge in [-0.3, -0.25) is 10.1 Å². The van der Waals surface area contributed by atoms with E-state index in [0.717, 1.165) is 25.5 Å². The fourth-order valence-corrected chi connectivity index (χ4v) is 2.38. The summed E-state index contributed by atoms with van der Waals surface area (Å²) in [7, 11) is 0. The molecule has 0 aromatic carbocycles. The molecule has 0 saturated heterocycles. The van der Waals surface area contributed by atoms with Crippen LogP contribution >= 0.6 is 11.6 Å². The average molecular weight is 272 g/mol. The number of nitrogens with zero attached hydrogens (tertiary/aromatic N) is 2. The standard InChI is InChI=1S/C11H14ClN3O3/c12-9-4-8(15(16)17)6-14-11(9)18-10-3-1-2-7(10)5-13/h4,6-7,10H,1-3,5,13H2. The summed E-state index contributed by atoms with van der Waals surface area (Å²) in [6.45, 7) is 0.565. The van der Waals surface area contributed by atoms with E-state index in [1.54, 1.807) is 0 Å². The molecule has 1 fully saturated rings. The van der Waals surface area contributed by atoms with E-state index in [4.69, 9.17) is 22.1 Å². The third kappa shape index (κ3) is 2.70. The lowest BCUT2D eigenvalue weighted by Crippen LogP contribution is -2.28. The highest BCUT2D eigenvalue weighted by molar-refractivity contribution is 6.32. The van der Waals surface area contributed by atoms with Crippen molar-refractivity contribution < 1.29 is 9.66 Å². The molecular formula is C11H14ClN3O3. The molecule has 18 heavy (non-hydrogen) atoms.